The third-order valence-corrected chi connectivity index (χ3v) is 3.01. The molecule has 0 fully saturated rings. The molecular formula is C15H16ClN3O2. The van der Waals surface area contributed by atoms with Gasteiger partial charge in [0, 0.05) is 22.8 Å². The second kappa shape index (κ2) is 6.45. The summed E-state index contributed by atoms with van der Waals surface area (Å²) in [4.78, 5) is 18.0. The number of rotatable bonds is 6. The highest BCUT2D eigenvalue weighted by atomic mass is 35.5. The van der Waals surface area contributed by atoms with E-state index in [0.29, 0.717) is 34.3 Å². The maximum absolute atomic E-state index is 12.6. The Balaban J connectivity index is 2.36. The van der Waals surface area contributed by atoms with Crippen LogP contribution in [0.25, 0.3) is 0 Å². The number of hydroxylamine groups is 1. The summed E-state index contributed by atoms with van der Waals surface area (Å²) in [5, 5.41) is 4.73. The van der Waals surface area contributed by atoms with E-state index in [9.17, 15) is 4.79 Å². The van der Waals surface area contributed by atoms with E-state index in [1.165, 1.54) is 6.20 Å². The van der Waals surface area contributed by atoms with Crippen LogP contribution in [0.15, 0.2) is 42.7 Å². The third kappa shape index (κ3) is 3.44. The highest BCUT2D eigenvalue weighted by molar-refractivity contribution is 6.30. The molecule has 1 heterocycles. The first-order chi connectivity index (χ1) is 10.0. The molecule has 0 saturated heterocycles. The number of carbonyl (C=O) groups excluding carboxylic acids is 1. The summed E-state index contributed by atoms with van der Waals surface area (Å²) >= 11 is 5.84. The number of hydrogen-bond donors (Lipinski definition) is 1. The predicted molar refractivity (Wildman–Crippen MR) is 81.4 cm³/mol. The molecule has 0 aliphatic carbocycles. The van der Waals surface area contributed by atoms with Crippen LogP contribution in [-0.4, -0.2) is 15.6 Å². The number of aromatic nitrogens is 2. The molecule has 0 spiro atoms. The van der Waals surface area contributed by atoms with Crippen molar-refractivity contribution in [3.05, 3.63) is 59.0 Å². The Morgan fingerprint density at radius 1 is 1.43 bits per heavy atom. The molecule has 0 saturated carbocycles. The van der Waals surface area contributed by atoms with Gasteiger partial charge >= 0.3 is 0 Å². The first-order valence-corrected chi connectivity index (χ1v) is 6.85. The molecule has 1 N–H and O–H groups in total. The Hall–Kier alpha value is -2.27. The molecule has 2 rings (SSSR count). The number of hydrogen-bond acceptors (Lipinski definition) is 4. The normalized spacial score (nSPS) is 10.2. The zero-order valence-electron chi connectivity index (χ0n) is 11.9. The van der Waals surface area contributed by atoms with Crippen LogP contribution in [0, 0.1) is 0 Å². The SMILES string of the molecule is C=C(C)NOc1cnn(CC)c1C(=O)c1ccc(Cl)cc1. The predicted octanol–water partition coefficient (Wildman–Crippen LogP) is 3.20. The van der Waals surface area contributed by atoms with Gasteiger partial charge in [0.1, 0.15) is 0 Å². The summed E-state index contributed by atoms with van der Waals surface area (Å²) in [6, 6.07) is 6.70. The summed E-state index contributed by atoms with van der Waals surface area (Å²) in [5.41, 5.74) is 4.17. The minimum atomic E-state index is -0.176. The van der Waals surface area contributed by atoms with E-state index >= 15 is 0 Å². The van der Waals surface area contributed by atoms with Gasteiger partial charge in [-0.2, -0.15) is 5.10 Å². The average Bonchev–Trinajstić information content (AvgIpc) is 2.88. The summed E-state index contributed by atoms with van der Waals surface area (Å²) < 4.78 is 1.59. The quantitative estimate of drug-likeness (QED) is 0.658. The lowest BCUT2D eigenvalue weighted by molar-refractivity contribution is 0.102. The number of benzene rings is 1. The maximum atomic E-state index is 12.6. The van der Waals surface area contributed by atoms with E-state index in [2.05, 4.69) is 17.2 Å². The lowest BCUT2D eigenvalue weighted by atomic mass is 10.1. The van der Waals surface area contributed by atoms with E-state index in [4.69, 9.17) is 16.4 Å². The molecule has 0 amide bonds. The summed E-state index contributed by atoms with van der Waals surface area (Å²) in [5.74, 6) is 0.185. The van der Waals surface area contributed by atoms with Crippen LogP contribution in [0.1, 0.15) is 29.9 Å². The van der Waals surface area contributed by atoms with Crippen LogP contribution in [0.3, 0.4) is 0 Å². The average molecular weight is 306 g/mol. The molecule has 21 heavy (non-hydrogen) atoms. The van der Waals surface area contributed by atoms with Crippen molar-refractivity contribution in [2.75, 3.05) is 0 Å². The van der Waals surface area contributed by atoms with Gasteiger partial charge in [0.15, 0.2) is 5.69 Å². The lowest BCUT2D eigenvalue weighted by Crippen LogP contribution is -2.18. The van der Waals surface area contributed by atoms with Crippen molar-refractivity contribution in [3.8, 4) is 5.75 Å². The molecule has 0 radical (unpaired) electrons. The third-order valence-electron chi connectivity index (χ3n) is 2.76. The van der Waals surface area contributed by atoms with E-state index in [-0.39, 0.29) is 5.78 Å². The molecule has 6 heteroatoms. The highest BCUT2D eigenvalue weighted by Gasteiger charge is 2.21. The molecule has 0 aliphatic heterocycles. The molecule has 1 aromatic heterocycles. The second-order valence-corrected chi connectivity index (χ2v) is 4.93. The Kier molecular flexibility index (Phi) is 4.65. The van der Waals surface area contributed by atoms with Crippen LogP contribution < -0.4 is 10.3 Å². The molecular weight excluding hydrogens is 290 g/mol. The van der Waals surface area contributed by atoms with Crippen molar-refractivity contribution in [1.29, 1.82) is 0 Å². The van der Waals surface area contributed by atoms with Gasteiger partial charge in [0.05, 0.1) is 6.20 Å². The number of allylic oxidation sites excluding steroid dienone is 1. The van der Waals surface area contributed by atoms with E-state index in [1.54, 1.807) is 35.9 Å². The first kappa shape index (κ1) is 15.1. The topological polar surface area (TPSA) is 56.1 Å². The molecule has 0 bridgehead atoms. The number of nitrogens with one attached hydrogen (secondary N) is 1. The largest absolute Gasteiger partial charge is 0.378 e. The summed E-state index contributed by atoms with van der Waals surface area (Å²) in [6.45, 7) is 7.90. The van der Waals surface area contributed by atoms with Crippen molar-refractivity contribution in [3.63, 3.8) is 0 Å². The molecule has 2 aromatic rings. The van der Waals surface area contributed by atoms with Crippen molar-refractivity contribution >= 4 is 17.4 Å². The van der Waals surface area contributed by atoms with E-state index in [1.807, 2.05) is 6.92 Å². The number of nitrogens with zero attached hydrogens (tertiary/aromatic N) is 2. The number of carbonyl (C=O) groups is 1. The standard InChI is InChI=1S/C15H16ClN3O2/c1-4-19-14(13(9-17-19)21-18-10(2)3)15(20)11-5-7-12(16)8-6-11/h5-9,18H,2,4H2,1,3H3. The lowest BCUT2D eigenvalue weighted by Gasteiger charge is -2.09. The van der Waals surface area contributed by atoms with Gasteiger partial charge in [-0.05, 0) is 38.1 Å². The Morgan fingerprint density at radius 3 is 2.67 bits per heavy atom. The number of aryl methyl sites for hydroxylation is 1. The van der Waals surface area contributed by atoms with Gasteiger partial charge in [0.25, 0.3) is 0 Å². The van der Waals surface area contributed by atoms with Crippen LogP contribution >= 0.6 is 11.6 Å². The fraction of sp³-hybridized carbons (Fsp3) is 0.200. The first-order valence-electron chi connectivity index (χ1n) is 6.47. The Labute approximate surface area is 128 Å². The van der Waals surface area contributed by atoms with E-state index in [0.717, 1.165) is 0 Å². The maximum Gasteiger partial charge on any atom is 0.214 e. The Bertz CT molecular complexity index is 662. The summed E-state index contributed by atoms with van der Waals surface area (Å²) in [7, 11) is 0. The van der Waals surface area contributed by atoms with Gasteiger partial charge in [0.2, 0.25) is 11.5 Å². The molecule has 5 nitrogen and oxygen atoms in total. The van der Waals surface area contributed by atoms with Crippen LogP contribution in [0.4, 0.5) is 0 Å². The molecule has 110 valence electrons. The van der Waals surface area contributed by atoms with Crippen molar-refractivity contribution in [1.82, 2.24) is 15.3 Å². The highest BCUT2D eigenvalue weighted by Crippen LogP contribution is 2.22. The monoisotopic (exact) mass is 305 g/mol. The molecule has 0 aliphatic rings. The molecule has 1 aromatic carbocycles. The minimum Gasteiger partial charge on any atom is -0.378 e. The zero-order chi connectivity index (χ0) is 15.4. The number of halogens is 1. The minimum absolute atomic E-state index is 0.176. The fourth-order valence-electron chi connectivity index (χ4n) is 1.79. The molecule has 0 unspecified atom stereocenters. The second-order valence-electron chi connectivity index (χ2n) is 4.49. The van der Waals surface area contributed by atoms with Gasteiger partial charge in [-0.25, -0.2) is 5.48 Å². The summed E-state index contributed by atoms with van der Waals surface area (Å²) in [6.07, 6.45) is 1.50. The van der Waals surface area contributed by atoms with Gasteiger partial charge in [-0.15, -0.1) is 0 Å². The smallest absolute Gasteiger partial charge is 0.214 e. The zero-order valence-corrected chi connectivity index (χ0v) is 12.6. The van der Waals surface area contributed by atoms with Crippen molar-refractivity contribution in [2.45, 2.75) is 20.4 Å². The van der Waals surface area contributed by atoms with Crippen molar-refractivity contribution in [2.24, 2.45) is 0 Å². The Morgan fingerprint density at radius 2 is 2.10 bits per heavy atom. The van der Waals surface area contributed by atoms with Gasteiger partial charge in [-0.3, -0.25) is 9.48 Å². The van der Waals surface area contributed by atoms with Crippen LogP contribution in [-0.2, 0) is 6.54 Å². The molecule has 0 atom stereocenters. The van der Waals surface area contributed by atoms with Gasteiger partial charge < -0.3 is 4.84 Å². The van der Waals surface area contributed by atoms with Crippen molar-refractivity contribution < 1.29 is 9.63 Å². The van der Waals surface area contributed by atoms with Gasteiger partial charge in [-0.1, -0.05) is 18.2 Å². The van der Waals surface area contributed by atoms with Crippen LogP contribution in [0.5, 0.6) is 5.75 Å². The van der Waals surface area contributed by atoms with Crippen LogP contribution in [0.2, 0.25) is 5.02 Å². The van der Waals surface area contributed by atoms with E-state index < -0.39 is 0 Å². The number of ketones is 1. The fourth-order valence-corrected chi connectivity index (χ4v) is 1.92.